The van der Waals surface area contributed by atoms with E-state index in [4.69, 9.17) is 0 Å². The summed E-state index contributed by atoms with van der Waals surface area (Å²) in [7, 11) is 0. The third-order valence-corrected chi connectivity index (χ3v) is 6.13. The van der Waals surface area contributed by atoms with Crippen molar-refractivity contribution in [3.63, 3.8) is 0 Å². The van der Waals surface area contributed by atoms with Crippen LogP contribution in [0.25, 0.3) is 10.8 Å². The first kappa shape index (κ1) is 23.5. The summed E-state index contributed by atoms with van der Waals surface area (Å²) in [5.41, 5.74) is 0.890. The fourth-order valence-corrected chi connectivity index (χ4v) is 4.36. The maximum Gasteiger partial charge on any atom is 0.416 e. The van der Waals surface area contributed by atoms with Crippen LogP contribution in [0.5, 0.6) is 0 Å². The Morgan fingerprint density at radius 3 is 2.35 bits per heavy atom. The Kier molecular flexibility index (Phi) is 6.20. The second kappa shape index (κ2) is 8.96. The van der Waals surface area contributed by atoms with Gasteiger partial charge in [-0.2, -0.15) is 13.2 Å². The van der Waals surface area contributed by atoms with Crippen molar-refractivity contribution in [2.45, 2.75) is 19.5 Å². The lowest BCUT2D eigenvalue weighted by atomic mass is 9.92. The van der Waals surface area contributed by atoms with Crippen molar-refractivity contribution in [2.24, 2.45) is 0 Å². The maximum absolute atomic E-state index is 14.0. The zero-order valence-electron chi connectivity index (χ0n) is 18.3. The molecule has 0 radical (unpaired) electrons. The van der Waals surface area contributed by atoms with Crippen LogP contribution in [0.2, 0.25) is 0 Å². The molecular weight excluding hydrogens is 452 g/mol. The highest BCUT2D eigenvalue weighted by atomic mass is 19.4. The molecule has 178 valence electrons. The number of carbonyl (C=O) groups excluding carboxylic acids is 1. The van der Waals surface area contributed by atoms with Crippen LogP contribution >= 0.6 is 0 Å². The molecule has 0 unspecified atom stereocenters. The molecule has 0 saturated carbocycles. The summed E-state index contributed by atoms with van der Waals surface area (Å²) >= 11 is 0. The number of nitrogens with zero attached hydrogens (tertiary/aromatic N) is 2. The summed E-state index contributed by atoms with van der Waals surface area (Å²) in [5, 5.41) is 10.2. The highest BCUT2D eigenvalue weighted by Crippen LogP contribution is 2.32. The lowest BCUT2D eigenvalue weighted by molar-refractivity contribution is -0.138. The van der Waals surface area contributed by atoms with Crippen molar-refractivity contribution in [3.8, 4) is 0 Å². The second-order valence-corrected chi connectivity index (χ2v) is 8.30. The number of alkyl halides is 3. The van der Waals surface area contributed by atoms with Gasteiger partial charge in [0.1, 0.15) is 5.82 Å². The summed E-state index contributed by atoms with van der Waals surface area (Å²) < 4.78 is 53.2. The normalized spacial score (nSPS) is 14.5. The molecule has 0 spiro atoms. The molecule has 0 aromatic heterocycles. The van der Waals surface area contributed by atoms with Gasteiger partial charge in [0, 0.05) is 31.9 Å². The monoisotopic (exact) mass is 474 g/mol. The molecule has 5 nitrogen and oxygen atoms in total. The zero-order valence-corrected chi connectivity index (χ0v) is 18.3. The van der Waals surface area contributed by atoms with Crippen LogP contribution in [0, 0.1) is 12.7 Å². The Hall–Kier alpha value is -3.62. The summed E-state index contributed by atoms with van der Waals surface area (Å²) in [5.74, 6) is -1.91. The minimum Gasteiger partial charge on any atom is -0.481 e. The van der Waals surface area contributed by atoms with E-state index in [2.05, 4.69) is 0 Å². The van der Waals surface area contributed by atoms with Gasteiger partial charge in [-0.25, -0.2) is 4.39 Å². The predicted molar refractivity (Wildman–Crippen MR) is 120 cm³/mol. The predicted octanol–water partition coefficient (Wildman–Crippen LogP) is 4.90. The summed E-state index contributed by atoms with van der Waals surface area (Å²) in [6.07, 6.45) is -4.72. The van der Waals surface area contributed by atoms with E-state index in [-0.39, 0.29) is 31.0 Å². The third kappa shape index (κ3) is 4.69. The van der Waals surface area contributed by atoms with Crippen LogP contribution in [0.4, 0.5) is 23.2 Å². The zero-order chi connectivity index (χ0) is 24.6. The van der Waals surface area contributed by atoms with Crippen LogP contribution in [-0.4, -0.2) is 48.1 Å². The van der Waals surface area contributed by atoms with Gasteiger partial charge in [0.15, 0.2) is 0 Å². The molecule has 1 aliphatic rings. The smallest absolute Gasteiger partial charge is 0.416 e. The SMILES string of the molecule is Cc1c(CC(=O)O)cc2ccc(F)cc2c1C(=O)N1CCN(c2cccc(C(F)(F)F)c2)CC1. The van der Waals surface area contributed by atoms with E-state index >= 15 is 0 Å². The van der Waals surface area contributed by atoms with Crippen molar-refractivity contribution < 1.29 is 32.3 Å². The first-order valence-electron chi connectivity index (χ1n) is 10.7. The van der Waals surface area contributed by atoms with Crippen LogP contribution in [0.3, 0.4) is 0 Å². The van der Waals surface area contributed by atoms with E-state index in [1.807, 2.05) is 0 Å². The van der Waals surface area contributed by atoms with E-state index in [1.54, 1.807) is 28.9 Å². The van der Waals surface area contributed by atoms with E-state index in [0.29, 0.717) is 40.7 Å². The lowest BCUT2D eigenvalue weighted by Gasteiger charge is -2.36. The number of hydrogen-bond donors (Lipinski definition) is 1. The van der Waals surface area contributed by atoms with Crippen molar-refractivity contribution in [2.75, 3.05) is 31.1 Å². The number of benzene rings is 3. The molecule has 9 heteroatoms. The van der Waals surface area contributed by atoms with Crippen molar-refractivity contribution >= 4 is 28.3 Å². The number of aliphatic carboxylic acids is 1. The first-order chi connectivity index (χ1) is 16.0. The van der Waals surface area contributed by atoms with Gasteiger partial charge >= 0.3 is 12.1 Å². The molecule has 0 aliphatic carbocycles. The number of fused-ring (bicyclic) bond motifs is 1. The molecule has 0 bridgehead atoms. The molecule has 3 aromatic carbocycles. The summed E-state index contributed by atoms with van der Waals surface area (Å²) in [6, 6.07) is 10.7. The average Bonchev–Trinajstić information content (AvgIpc) is 2.79. The van der Waals surface area contributed by atoms with Gasteiger partial charge in [-0.3, -0.25) is 9.59 Å². The van der Waals surface area contributed by atoms with Gasteiger partial charge in [-0.05, 0) is 59.2 Å². The van der Waals surface area contributed by atoms with Crippen LogP contribution < -0.4 is 4.90 Å². The Bertz CT molecular complexity index is 1260. The number of piperazine rings is 1. The molecule has 3 aromatic rings. The number of halogens is 4. The number of carboxylic acid groups (broad SMARTS) is 1. The van der Waals surface area contributed by atoms with Gasteiger partial charge in [-0.1, -0.05) is 18.2 Å². The number of carbonyl (C=O) groups is 2. The topological polar surface area (TPSA) is 60.9 Å². The second-order valence-electron chi connectivity index (χ2n) is 8.30. The number of carboxylic acids is 1. The highest BCUT2D eigenvalue weighted by molar-refractivity contribution is 6.09. The Labute approximate surface area is 193 Å². The minimum absolute atomic E-state index is 0.251. The van der Waals surface area contributed by atoms with Crippen molar-refractivity contribution in [1.82, 2.24) is 4.90 Å². The minimum atomic E-state index is -4.44. The molecule has 1 saturated heterocycles. The number of amides is 1. The molecule has 4 rings (SSSR count). The van der Waals surface area contributed by atoms with E-state index < -0.39 is 23.5 Å². The largest absolute Gasteiger partial charge is 0.481 e. The fourth-order valence-electron chi connectivity index (χ4n) is 4.36. The molecule has 1 amide bonds. The summed E-state index contributed by atoms with van der Waals surface area (Å²) in [4.78, 5) is 28.2. The lowest BCUT2D eigenvalue weighted by Crippen LogP contribution is -2.49. The van der Waals surface area contributed by atoms with Gasteiger partial charge in [0.05, 0.1) is 17.5 Å². The van der Waals surface area contributed by atoms with Gasteiger partial charge in [-0.15, -0.1) is 0 Å². The molecule has 1 heterocycles. The maximum atomic E-state index is 14.0. The molecule has 0 atom stereocenters. The fraction of sp³-hybridized carbons (Fsp3) is 0.280. The van der Waals surface area contributed by atoms with Crippen molar-refractivity contribution in [1.29, 1.82) is 0 Å². The van der Waals surface area contributed by atoms with E-state index in [0.717, 1.165) is 12.1 Å². The van der Waals surface area contributed by atoms with Crippen molar-refractivity contribution in [3.05, 3.63) is 76.6 Å². The van der Waals surface area contributed by atoms with Gasteiger partial charge in [0.25, 0.3) is 5.91 Å². The third-order valence-electron chi connectivity index (χ3n) is 6.13. The summed E-state index contributed by atoms with van der Waals surface area (Å²) in [6.45, 7) is 2.82. The van der Waals surface area contributed by atoms with Crippen LogP contribution in [0.15, 0.2) is 48.5 Å². The quantitative estimate of drug-likeness (QED) is 0.547. The molecule has 1 fully saturated rings. The molecular formula is C25H22F4N2O3. The standard InChI is InChI=1S/C25H22F4N2O3/c1-15-17(12-22(32)33)11-16-5-6-19(26)14-21(16)23(15)24(34)31-9-7-30(8-10-31)20-4-2-3-18(13-20)25(27,28)29/h2-6,11,13-14H,7-10,12H2,1H3,(H,32,33). The molecule has 34 heavy (non-hydrogen) atoms. The highest BCUT2D eigenvalue weighted by Gasteiger charge is 2.32. The Morgan fingerprint density at radius 1 is 1.00 bits per heavy atom. The van der Waals surface area contributed by atoms with Gasteiger partial charge in [0.2, 0.25) is 0 Å². The van der Waals surface area contributed by atoms with E-state index in [9.17, 15) is 32.3 Å². The molecule has 1 N–H and O–H groups in total. The Morgan fingerprint density at radius 2 is 1.71 bits per heavy atom. The number of rotatable bonds is 4. The average molecular weight is 474 g/mol. The number of hydrogen-bond acceptors (Lipinski definition) is 3. The van der Waals surface area contributed by atoms with Crippen LogP contribution in [-0.2, 0) is 17.4 Å². The Balaban J connectivity index is 1.61. The van der Waals surface area contributed by atoms with Crippen LogP contribution in [0.1, 0.15) is 27.0 Å². The molecule has 1 aliphatic heterocycles. The van der Waals surface area contributed by atoms with Gasteiger partial charge < -0.3 is 14.9 Å². The first-order valence-corrected chi connectivity index (χ1v) is 10.7. The number of anilines is 1. The van der Waals surface area contributed by atoms with E-state index in [1.165, 1.54) is 24.3 Å².